The summed E-state index contributed by atoms with van der Waals surface area (Å²) in [6.07, 6.45) is 0.462. The van der Waals surface area contributed by atoms with Crippen LogP contribution in [-0.2, 0) is 9.53 Å². The van der Waals surface area contributed by atoms with Crippen molar-refractivity contribution in [2.24, 2.45) is 5.92 Å². The number of nitriles is 1. The molecule has 0 aliphatic heterocycles. The molecule has 2 atom stereocenters. The number of hydrogen-bond donors (Lipinski definition) is 0. The largest absolute Gasteiger partial charge is 0.463 e. The first-order valence-electron chi connectivity index (χ1n) is 10.6. The van der Waals surface area contributed by atoms with E-state index in [0.29, 0.717) is 27.7 Å². The van der Waals surface area contributed by atoms with E-state index >= 15 is 0 Å². The second kappa shape index (κ2) is 9.81. The van der Waals surface area contributed by atoms with Crippen molar-refractivity contribution in [3.05, 3.63) is 95.2 Å². The minimum atomic E-state index is -1.08. The number of hydrogen-bond acceptors (Lipinski definition) is 5. The number of para-hydroxylation sites is 1. The van der Waals surface area contributed by atoms with Gasteiger partial charge in [0.2, 0.25) is 6.10 Å². The number of furan rings is 1. The summed E-state index contributed by atoms with van der Waals surface area (Å²) in [7, 11) is 0. The van der Waals surface area contributed by atoms with E-state index < -0.39 is 18.0 Å². The zero-order chi connectivity index (χ0) is 23.4. The van der Waals surface area contributed by atoms with Gasteiger partial charge in [0, 0.05) is 10.9 Å². The smallest absolute Gasteiger partial charge is 0.315 e. The Morgan fingerprint density at radius 2 is 1.76 bits per heavy atom. The molecule has 1 heterocycles. The number of benzene rings is 3. The van der Waals surface area contributed by atoms with Crippen molar-refractivity contribution in [1.82, 2.24) is 0 Å². The monoisotopic (exact) mass is 459 g/mol. The summed E-state index contributed by atoms with van der Waals surface area (Å²) in [6.45, 7) is 3.87. The Morgan fingerprint density at radius 1 is 1.00 bits per heavy atom. The summed E-state index contributed by atoms with van der Waals surface area (Å²) >= 11 is 6.23. The van der Waals surface area contributed by atoms with Crippen LogP contribution in [0.3, 0.4) is 0 Å². The molecule has 0 aliphatic rings. The molecule has 0 bridgehead atoms. The third kappa shape index (κ3) is 4.87. The van der Waals surface area contributed by atoms with Crippen LogP contribution in [0, 0.1) is 17.2 Å². The molecule has 166 valence electrons. The van der Waals surface area contributed by atoms with Crippen LogP contribution in [0.1, 0.15) is 37.0 Å². The second-order valence-electron chi connectivity index (χ2n) is 7.96. The maximum Gasteiger partial charge on any atom is 0.315 e. The lowest BCUT2D eigenvalue weighted by Gasteiger charge is -2.22. The van der Waals surface area contributed by atoms with E-state index in [1.54, 1.807) is 42.7 Å². The lowest BCUT2D eigenvalue weighted by atomic mass is 9.86. The van der Waals surface area contributed by atoms with E-state index in [2.05, 4.69) is 6.07 Å². The fourth-order valence-corrected chi connectivity index (χ4v) is 4.01. The molecule has 4 aromatic rings. The van der Waals surface area contributed by atoms with E-state index in [9.17, 15) is 10.1 Å². The lowest BCUT2D eigenvalue weighted by Crippen LogP contribution is -2.23. The average Bonchev–Trinajstić information content (AvgIpc) is 3.31. The standard InChI is InChI=1S/C27H22ClNO4/c1-17(2)25(21-11-12-23(28)26-22(21)13-14-31-26)27(30)33-24(16-29)18-7-6-10-20(15-18)32-19-8-4-3-5-9-19/h3-15,17,24-25H,1-2H3. The number of fused-ring (bicyclic) bond motifs is 1. The van der Waals surface area contributed by atoms with Gasteiger partial charge in [0.05, 0.1) is 17.2 Å². The highest BCUT2D eigenvalue weighted by Gasteiger charge is 2.31. The number of carbonyl (C=O) groups excluding carboxylic acids is 1. The van der Waals surface area contributed by atoms with E-state index in [-0.39, 0.29) is 5.92 Å². The van der Waals surface area contributed by atoms with E-state index in [0.717, 1.165) is 10.9 Å². The Morgan fingerprint density at radius 3 is 2.48 bits per heavy atom. The van der Waals surface area contributed by atoms with E-state index in [1.807, 2.05) is 50.2 Å². The molecule has 3 aromatic carbocycles. The SMILES string of the molecule is CC(C)C(C(=O)OC(C#N)c1cccc(Oc2ccccc2)c1)c1ccc(Cl)c2occc12. The zero-order valence-electron chi connectivity index (χ0n) is 18.2. The van der Waals surface area contributed by atoms with Crippen molar-refractivity contribution in [3.63, 3.8) is 0 Å². The quantitative estimate of drug-likeness (QED) is 0.269. The van der Waals surface area contributed by atoms with Crippen molar-refractivity contribution in [2.45, 2.75) is 25.9 Å². The van der Waals surface area contributed by atoms with Crippen LogP contribution >= 0.6 is 11.6 Å². The van der Waals surface area contributed by atoms with Gasteiger partial charge in [0.25, 0.3) is 0 Å². The highest BCUT2D eigenvalue weighted by Crippen LogP contribution is 2.37. The predicted octanol–water partition coefficient (Wildman–Crippen LogP) is 7.43. The summed E-state index contributed by atoms with van der Waals surface area (Å²) < 4.78 is 17.0. The van der Waals surface area contributed by atoms with Gasteiger partial charge in [-0.25, -0.2) is 0 Å². The molecule has 33 heavy (non-hydrogen) atoms. The summed E-state index contributed by atoms with van der Waals surface area (Å²) in [5, 5.41) is 11.0. The molecule has 0 radical (unpaired) electrons. The average molecular weight is 460 g/mol. The van der Waals surface area contributed by atoms with Crippen LogP contribution in [0.25, 0.3) is 11.0 Å². The molecule has 5 nitrogen and oxygen atoms in total. The second-order valence-corrected chi connectivity index (χ2v) is 8.36. The van der Waals surface area contributed by atoms with Gasteiger partial charge in [0.1, 0.15) is 17.6 Å². The third-order valence-corrected chi connectivity index (χ3v) is 5.65. The summed E-state index contributed by atoms with van der Waals surface area (Å²) in [6, 6.07) is 23.7. The first-order chi connectivity index (χ1) is 16.0. The van der Waals surface area contributed by atoms with Gasteiger partial charge >= 0.3 is 5.97 Å². The molecule has 0 saturated heterocycles. The Hall–Kier alpha value is -3.75. The van der Waals surface area contributed by atoms with E-state index in [4.69, 9.17) is 25.5 Å². The fourth-order valence-electron chi connectivity index (χ4n) is 3.80. The molecule has 0 aliphatic carbocycles. The maximum atomic E-state index is 13.3. The fraction of sp³-hybridized carbons (Fsp3) is 0.185. The topological polar surface area (TPSA) is 72.5 Å². The van der Waals surface area contributed by atoms with Crippen LogP contribution in [-0.4, -0.2) is 5.97 Å². The Balaban J connectivity index is 1.59. The number of esters is 1. The first-order valence-corrected chi connectivity index (χ1v) is 10.9. The number of nitrogens with zero attached hydrogens (tertiary/aromatic N) is 1. The van der Waals surface area contributed by atoms with Gasteiger partial charge in [-0.05, 0) is 47.9 Å². The Labute approximate surface area is 197 Å². The van der Waals surface area contributed by atoms with Gasteiger partial charge in [-0.3, -0.25) is 4.79 Å². The van der Waals surface area contributed by atoms with Crippen molar-refractivity contribution < 1.29 is 18.7 Å². The molecule has 0 fully saturated rings. The van der Waals surface area contributed by atoms with Crippen molar-refractivity contribution in [1.29, 1.82) is 5.26 Å². The number of halogens is 1. The highest BCUT2D eigenvalue weighted by molar-refractivity contribution is 6.35. The van der Waals surface area contributed by atoms with Crippen molar-refractivity contribution >= 4 is 28.5 Å². The first kappa shape index (κ1) is 22.4. The van der Waals surface area contributed by atoms with Crippen LogP contribution in [0.5, 0.6) is 11.5 Å². The highest BCUT2D eigenvalue weighted by atomic mass is 35.5. The van der Waals surface area contributed by atoms with Crippen molar-refractivity contribution in [3.8, 4) is 17.6 Å². The van der Waals surface area contributed by atoms with Crippen LogP contribution in [0.15, 0.2) is 83.5 Å². The minimum absolute atomic E-state index is 0.0798. The molecule has 6 heteroatoms. The molecule has 0 amide bonds. The Bertz CT molecular complexity index is 1310. The molecule has 0 spiro atoms. The number of carbonyl (C=O) groups is 1. The Kier molecular flexibility index (Phi) is 6.67. The zero-order valence-corrected chi connectivity index (χ0v) is 19.0. The number of ether oxygens (including phenoxy) is 2. The molecule has 2 unspecified atom stereocenters. The molecular formula is C27H22ClNO4. The van der Waals surface area contributed by atoms with Gasteiger partial charge < -0.3 is 13.9 Å². The predicted molar refractivity (Wildman–Crippen MR) is 126 cm³/mol. The molecule has 0 saturated carbocycles. The molecule has 4 rings (SSSR count). The number of rotatable bonds is 7. The van der Waals surface area contributed by atoms with Gasteiger partial charge in [-0.2, -0.15) is 5.26 Å². The summed E-state index contributed by atoms with van der Waals surface area (Å²) in [5.41, 5.74) is 1.81. The lowest BCUT2D eigenvalue weighted by molar-refractivity contribution is -0.149. The summed E-state index contributed by atoms with van der Waals surface area (Å²) in [5.74, 6) is 0.0571. The van der Waals surface area contributed by atoms with Crippen LogP contribution < -0.4 is 4.74 Å². The van der Waals surface area contributed by atoms with Crippen molar-refractivity contribution in [2.75, 3.05) is 0 Å². The maximum absolute atomic E-state index is 13.3. The van der Waals surface area contributed by atoms with Gasteiger partial charge in [-0.15, -0.1) is 0 Å². The van der Waals surface area contributed by atoms with Gasteiger partial charge in [-0.1, -0.05) is 61.8 Å². The molecule has 1 aromatic heterocycles. The van der Waals surface area contributed by atoms with E-state index in [1.165, 1.54) is 0 Å². The van der Waals surface area contributed by atoms with Crippen LogP contribution in [0.4, 0.5) is 0 Å². The molecular weight excluding hydrogens is 438 g/mol. The third-order valence-electron chi connectivity index (χ3n) is 5.35. The molecule has 0 N–H and O–H groups in total. The van der Waals surface area contributed by atoms with Crippen LogP contribution in [0.2, 0.25) is 5.02 Å². The van der Waals surface area contributed by atoms with Gasteiger partial charge in [0.15, 0.2) is 5.58 Å². The summed E-state index contributed by atoms with van der Waals surface area (Å²) in [4.78, 5) is 13.3. The normalized spacial score (nSPS) is 12.8. The minimum Gasteiger partial charge on any atom is -0.463 e.